The molecule has 2 aromatic carbocycles. The summed E-state index contributed by atoms with van der Waals surface area (Å²) in [5.74, 6) is -0.0723. The van der Waals surface area contributed by atoms with Gasteiger partial charge in [0.1, 0.15) is 0 Å². The number of carbonyl (C=O) groups is 1. The van der Waals surface area contributed by atoms with Crippen LogP contribution in [-0.2, 0) is 12.8 Å². The summed E-state index contributed by atoms with van der Waals surface area (Å²) in [6, 6.07) is 14.2. The first-order valence-electron chi connectivity index (χ1n) is 7.37. The van der Waals surface area contributed by atoms with Crippen molar-refractivity contribution in [3.8, 4) is 0 Å². The minimum atomic E-state index is -0.0723. The molecule has 0 saturated carbocycles. The second kappa shape index (κ2) is 5.60. The number of benzene rings is 2. The molecule has 1 aliphatic carbocycles. The van der Waals surface area contributed by atoms with E-state index in [9.17, 15) is 4.79 Å². The first kappa shape index (κ1) is 13.7. The Hall–Kier alpha value is -2.29. The molecule has 108 valence electrons. The van der Waals surface area contributed by atoms with Crippen LogP contribution in [0.2, 0.25) is 0 Å². The van der Waals surface area contributed by atoms with Crippen molar-refractivity contribution >= 4 is 11.6 Å². The van der Waals surface area contributed by atoms with Crippen LogP contribution in [0.3, 0.4) is 0 Å². The maximum Gasteiger partial charge on any atom is 0.253 e. The maximum atomic E-state index is 12.4. The predicted molar refractivity (Wildman–Crippen MR) is 85.3 cm³/mol. The van der Waals surface area contributed by atoms with Gasteiger partial charge in [0.2, 0.25) is 0 Å². The van der Waals surface area contributed by atoms with Gasteiger partial charge in [-0.3, -0.25) is 4.79 Å². The quantitative estimate of drug-likeness (QED) is 0.831. The molecule has 0 fully saturated rings. The molecule has 0 radical (unpaired) electrons. The summed E-state index contributed by atoms with van der Waals surface area (Å²) >= 11 is 0. The molecular weight excluding hydrogens is 260 g/mol. The molecule has 3 nitrogen and oxygen atoms in total. The number of hydrogen-bond donors (Lipinski definition) is 2. The normalized spacial score (nSPS) is 17.1. The fourth-order valence-electron chi connectivity index (χ4n) is 2.97. The summed E-state index contributed by atoms with van der Waals surface area (Å²) in [5, 5.41) is 3.12. The third kappa shape index (κ3) is 2.92. The molecule has 0 aliphatic heterocycles. The Kier molecular flexibility index (Phi) is 3.65. The van der Waals surface area contributed by atoms with E-state index in [2.05, 4.69) is 29.6 Å². The van der Waals surface area contributed by atoms with Gasteiger partial charge in [0.25, 0.3) is 5.91 Å². The molecule has 0 spiro atoms. The Morgan fingerprint density at radius 1 is 1.19 bits per heavy atom. The Balaban J connectivity index is 1.71. The van der Waals surface area contributed by atoms with E-state index in [4.69, 9.17) is 5.73 Å². The number of amides is 1. The van der Waals surface area contributed by atoms with Gasteiger partial charge in [-0.25, -0.2) is 0 Å². The molecule has 3 N–H and O–H groups in total. The lowest BCUT2D eigenvalue weighted by atomic mass is 9.88. The van der Waals surface area contributed by atoms with E-state index in [1.54, 1.807) is 6.07 Å². The summed E-state index contributed by atoms with van der Waals surface area (Å²) in [6.45, 7) is 1.97. The van der Waals surface area contributed by atoms with Crippen LogP contribution in [0.5, 0.6) is 0 Å². The molecule has 0 bridgehead atoms. The lowest BCUT2D eigenvalue weighted by molar-refractivity contribution is 0.0934. The highest BCUT2D eigenvalue weighted by atomic mass is 16.1. The molecule has 1 aliphatic rings. The summed E-state index contributed by atoms with van der Waals surface area (Å²) < 4.78 is 0. The Morgan fingerprint density at radius 2 is 1.95 bits per heavy atom. The smallest absolute Gasteiger partial charge is 0.253 e. The SMILES string of the molecule is Cc1ccc(C(=O)NC2CCc3ccccc3C2)c(N)c1. The summed E-state index contributed by atoms with van der Waals surface area (Å²) in [4.78, 5) is 12.4. The third-order valence-electron chi connectivity index (χ3n) is 4.13. The average molecular weight is 280 g/mol. The topological polar surface area (TPSA) is 55.1 Å². The number of aryl methyl sites for hydroxylation is 2. The first-order valence-corrected chi connectivity index (χ1v) is 7.37. The van der Waals surface area contributed by atoms with Crippen molar-refractivity contribution in [2.24, 2.45) is 0 Å². The molecule has 1 atom stereocenters. The van der Waals surface area contributed by atoms with Gasteiger partial charge < -0.3 is 11.1 Å². The summed E-state index contributed by atoms with van der Waals surface area (Å²) in [5.41, 5.74) is 10.9. The maximum absolute atomic E-state index is 12.4. The van der Waals surface area contributed by atoms with Gasteiger partial charge in [-0.1, -0.05) is 30.3 Å². The highest BCUT2D eigenvalue weighted by Crippen LogP contribution is 2.22. The van der Waals surface area contributed by atoms with Crippen molar-refractivity contribution < 1.29 is 4.79 Å². The van der Waals surface area contributed by atoms with E-state index in [1.807, 2.05) is 19.1 Å². The molecular formula is C18H20N2O. The number of carbonyl (C=O) groups excluding carboxylic acids is 1. The minimum Gasteiger partial charge on any atom is -0.398 e. The molecule has 3 rings (SSSR count). The Bertz CT molecular complexity index is 679. The van der Waals surface area contributed by atoms with Crippen LogP contribution in [0.15, 0.2) is 42.5 Å². The van der Waals surface area contributed by atoms with Gasteiger partial charge in [-0.05, 0) is 55.0 Å². The lowest BCUT2D eigenvalue weighted by Crippen LogP contribution is -2.39. The highest BCUT2D eigenvalue weighted by molar-refractivity contribution is 5.99. The van der Waals surface area contributed by atoms with Crippen LogP contribution >= 0.6 is 0 Å². The minimum absolute atomic E-state index is 0.0723. The van der Waals surface area contributed by atoms with E-state index in [0.717, 1.165) is 24.8 Å². The van der Waals surface area contributed by atoms with Gasteiger partial charge in [0.15, 0.2) is 0 Å². The zero-order valence-corrected chi connectivity index (χ0v) is 12.2. The molecule has 0 saturated heterocycles. The largest absolute Gasteiger partial charge is 0.398 e. The molecule has 1 unspecified atom stereocenters. The number of hydrogen-bond acceptors (Lipinski definition) is 2. The number of nitrogens with one attached hydrogen (secondary N) is 1. The average Bonchev–Trinajstić information content (AvgIpc) is 2.47. The number of anilines is 1. The zero-order chi connectivity index (χ0) is 14.8. The Morgan fingerprint density at radius 3 is 2.71 bits per heavy atom. The summed E-state index contributed by atoms with van der Waals surface area (Å²) in [6.07, 6.45) is 2.90. The zero-order valence-electron chi connectivity index (χ0n) is 12.2. The monoisotopic (exact) mass is 280 g/mol. The standard InChI is InChI=1S/C18H20N2O/c1-12-6-9-16(17(19)10-12)18(21)20-15-8-7-13-4-2-3-5-14(13)11-15/h2-6,9-10,15H,7-8,11,19H2,1H3,(H,20,21). The first-order chi connectivity index (χ1) is 10.1. The highest BCUT2D eigenvalue weighted by Gasteiger charge is 2.21. The third-order valence-corrected chi connectivity index (χ3v) is 4.13. The van der Waals surface area contributed by atoms with E-state index < -0.39 is 0 Å². The van der Waals surface area contributed by atoms with Gasteiger partial charge in [-0.2, -0.15) is 0 Å². The van der Waals surface area contributed by atoms with Crippen LogP contribution < -0.4 is 11.1 Å². The number of fused-ring (bicyclic) bond motifs is 1. The van der Waals surface area contributed by atoms with Gasteiger partial charge in [-0.15, -0.1) is 0 Å². The van der Waals surface area contributed by atoms with Crippen LogP contribution in [0, 0.1) is 6.92 Å². The van der Waals surface area contributed by atoms with Crippen molar-refractivity contribution in [3.63, 3.8) is 0 Å². The number of nitrogens with two attached hydrogens (primary N) is 1. The fraction of sp³-hybridized carbons (Fsp3) is 0.278. The molecule has 0 aromatic heterocycles. The molecule has 0 heterocycles. The van der Waals surface area contributed by atoms with E-state index in [-0.39, 0.29) is 11.9 Å². The summed E-state index contributed by atoms with van der Waals surface area (Å²) in [7, 11) is 0. The van der Waals surface area contributed by atoms with Crippen molar-refractivity contribution in [3.05, 3.63) is 64.7 Å². The number of nitrogen functional groups attached to an aromatic ring is 1. The number of rotatable bonds is 2. The second-order valence-electron chi connectivity index (χ2n) is 5.77. The van der Waals surface area contributed by atoms with Gasteiger partial charge in [0, 0.05) is 11.7 Å². The molecule has 3 heteroatoms. The van der Waals surface area contributed by atoms with E-state index >= 15 is 0 Å². The molecule has 2 aromatic rings. The van der Waals surface area contributed by atoms with E-state index in [1.165, 1.54) is 11.1 Å². The molecule has 1 amide bonds. The van der Waals surface area contributed by atoms with Crippen molar-refractivity contribution in [2.45, 2.75) is 32.2 Å². The molecule has 21 heavy (non-hydrogen) atoms. The van der Waals surface area contributed by atoms with Crippen LogP contribution in [0.1, 0.15) is 33.5 Å². The Labute approximate surface area is 125 Å². The fourth-order valence-corrected chi connectivity index (χ4v) is 2.97. The second-order valence-corrected chi connectivity index (χ2v) is 5.77. The van der Waals surface area contributed by atoms with Crippen molar-refractivity contribution in [1.82, 2.24) is 5.32 Å². The van der Waals surface area contributed by atoms with Crippen LogP contribution in [0.4, 0.5) is 5.69 Å². The van der Waals surface area contributed by atoms with Gasteiger partial charge in [0.05, 0.1) is 5.56 Å². The van der Waals surface area contributed by atoms with Crippen molar-refractivity contribution in [1.29, 1.82) is 0 Å². The lowest BCUT2D eigenvalue weighted by Gasteiger charge is -2.25. The van der Waals surface area contributed by atoms with Gasteiger partial charge >= 0.3 is 0 Å². The van der Waals surface area contributed by atoms with Crippen LogP contribution in [-0.4, -0.2) is 11.9 Å². The van der Waals surface area contributed by atoms with E-state index in [0.29, 0.717) is 11.3 Å². The van der Waals surface area contributed by atoms with Crippen molar-refractivity contribution in [2.75, 3.05) is 5.73 Å². The van der Waals surface area contributed by atoms with Crippen LogP contribution in [0.25, 0.3) is 0 Å². The predicted octanol–water partition coefficient (Wildman–Crippen LogP) is 2.86.